The highest BCUT2D eigenvalue weighted by molar-refractivity contribution is 7.92. The average molecular weight is 586 g/mol. The summed E-state index contributed by atoms with van der Waals surface area (Å²) in [7, 11) is -1.99. The van der Waals surface area contributed by atoms with Gasteiger partial charge in [-0.15, -0.1) is 0 Å². The highest BCUT2D eigenvalue weighted by atomic mass is 32.2. The van der Waals surface area contributed by atoms with E-state index in [0.29, 0.717) is 41.5 Å². The molecular formula is C29H36FN5O5S. The van der Waals surface area contributed by atoms with Gasteiger partial charge in [-0.25, -0.2) is 17.8 Å². The minimum Gasteiger partial charge on any atom is -0.475 e. The molecule has 3 aromatic rings. The first-order chi connectivity index (χ1) is 19.1. The van der Waals surface area contributed by atoms with E-state index < -0.39 is 26.9 Å². The number of carbonyl (C=O) groups is 1. The van der Waals surface area contributed by atoms with Gasteiger partial charge in [-0.3, -0.25) is 14.5 Å². The second-order valence-corrected chi connectivity index (χ2v) is 13.7. The van der Waals surface area contributed by atoms with Crippen LogP contribution in [0.3, 0.4) is 0 Å². The quantitative estimate of drug-likeness (QED) is 0.325. The first-order valence-electron chi connectivity index (χ1n) is 13.6. The van der Waals surface area contributed by atoms with Crippen LogP contribution in [0.15, 0.2) is 30.6 Å². The van der Waals surface area contributed by atoms with Gasteiger partial charge in [-0.05, 0) is 44.7 Å². The number of likely N-dealkylation sites (N-methyl/N-ethyl adjacent to an activating group) is 1. The number of aromatic nitrogens is 2. The van der Waals surface area contributed by atoms with Gasteiger partial charge >= 0.3 is 0 Å². The predicted molar refractivity (Wildman–Crippen MR) is 156 cm³/mol. The van der Waals surface area contributed by atoms with Crippen molar-refractivity contribution in [3.05, 3.63) is 42.0 Å². The normalized spacial score (nSPS) is 20.6. The third kappa shape index (κ3) is 5.35. The number of anilines is 2. The van der Waals surface area contributed by atoms with Gasteiger partial charge in [0.25, 0.3) is 0 Å². The lowest BCUT2D eigenvalue weighted by atomic mass is 9.55. The van der Waals surface area contributed by atoms with Crippen molar-refractivity contribution in [3.63, 3.8) is 0 Å². The Labute approximate surface area is 239 Å². The highest BCUT2D eigenvalue weighted by Gasteiger charge is 2.61. The fraction of sp³-hybridized carbons (Fsp3) is 0.483. The molecule has 1 aliphatic carbocycles. The van der Waals surface area contributed by atoms with Crippen LogP contribution in [-0.2, 0) is 20.2 Å². The number of ether oxygens (including phenoxy) is 1. The molecule has 2 aromatic heterocycles. The first kappa shape index (κ1) is 29.2. The zero-order valence-electron chi connectivity index (χ0n) is 24.1. The largest absolute Gasteiger partial charge is 0.475 e. The summed E-state index contributed by atoms with van der Waals surface area (Å²) in [4.78, 5) is 23.9. The van der Waals surface area contributed by atoms with Crippen LogP contribution in [-0.4, -0.2) is 67.5 Å². The number of fused-ring (bicyclic) bond motifs is 4. The number of hydrogen-bond acceptors (Lipinski definition) is 8. The van der Waals surface area contributed by atoms with E-state index in [9.17, 15) is 18.3 Å². The van der Waals surface area contributed by atoms with E-state index in [0.717, 1.165) is 11.8 Å². The van der Waals surface area contributed by atoms with Crippen LogP contribution in [0.5, 0.6) is 5.88 Å². The van der Waals surface area contributed by atoms with Gasteiger partial charge in [0.1, 0.15) is 18.1 Å². The fourth-order valence-electron chi connectivity index (χ4n) is 5.86. The van der Waals surface area contributed by atoms with E-state index in [1.54, 1.807) is 38.1 Å². The maximum absolute atomic E-state index is 15.6. The summed E-state index contributed by atoms with van der Waals surface area (Å²) in [6.07, 6.45) is 4.99. The first-order valence-corrected chi connectivity index (χ1v) is 15.5. The lowest BCUT2D eigenvalue weighted by Gasteiger charge is -2.49. The Hall–Kier alpha value is -3.35. The van der Waals surface area contributed by atoms with E-state index in [2.05, 4.69) is 20.0 Å². The van der Waals surface area contributed by atoms with Crippen LogP contribution in [0.1, 0.15) is 46.1 Å². The van der Waals surface area contributed by atoms with Gasteiger partial charge in [0.05, 0.1) is 34.7 Å². The van der Waals surface area contributed by atoms with Crippen molar-refractivity contribution >= 4 is 38.2 Å². The Bertz CT molecular complexity index is 1630. The monoisotopic (exact) mass is 585 g/mol. The van der Waals surface area contributed by atoms with Crippen LogP contribution < -0.4 is 19.7 Å². The molecule has 1 amide bonds. The van der Waals surface area contributed by atoms with E-state index >= 15 is 4.39 Å². The van der Waals surface area contributed by atoms with Crippen LogP contribution in [0, 0.1) is 11.7 Å². The molecule has 0 atom stereocenters. The van der Waals surface area contributed by atoms with Crippen molar-refractivity contribution < 1.29 is 27.4 Å². The molecule has 2 aliphatic rings. The fourth-order valence-corrected chi connectivity index (χ4v) is 6.41. The summed E-state index contributed by atoms with van der Waals surface area (Å²) < 4.78 is 47.9. The van der Waals surface area contributed by atoms with Crippen molar-refractivity contribution in [1.82, 2.24) is 15.3 Å². The van der Waals surface area contributed by atoms with Crippen LogP contribution in [0.4, 0.5) is 15.8 Å². The molecule has 12 heteroatoms. The molecule has 5 rings (SSSR count). The number of sulfonamides is 1. The van der Waals surface area contributed by atoms with Crippen molar-refractivity contribution in [2.24, 2.45) is 5.92 Å². The summed E-state index contributed by atoms with van der Waals surface area (Å²) in [5.74, 6) is -0.623. The molecule has 1 aliphatic heterocycles. The van der Waals surface area contributed by atoms with Gasteiger partial charge in [-0.1, -0.05) is 13.8 Å². The van der Waals surface area contributed by atoms with Crippen molar-refractivity contribution in [3.8, 4) is 17.0 Å². The van der Waals surface area contributed by atoms with Gasteiger partial charge in [0.2, 0.25) is 21.8 Å². The number of aliphatic hydroxyl groups is 1. The van der Waals surface area contributed by atoms with Crippen molar-refractivity contribution in [2.75, 3.05) is 36.1 Å². The van der Waals surface area contributed by atoms with Crippen LogP contribution >= 0.6 is 0 Å². The molecular weight excluding hydrogens is 549 g/mol. The predicted octanol–water partition coefficient (Wildman–Crippen LogP) is 3.58. The number of benzene rings is 1. The van der Waals surface area contributed by atoms with Crippen molar-refractivity contribution in [1.29, 1.82) is 0 Å². The molecule has 0 saturated heterocycles. The van der Waals surface area contributed by atoms with Gasteiger partial charge in [-0.2, -0.15) is 0 Å². The zero-order chi connectivity index (χ0) is 29.9. The Morgan fingerprint density at radius 1 is 1.22 bits per heavy atom. The number of halogens is 1. The summed E-state index contributed by atoms with van der Waals surface area (Å²) in [5.41, 5.74) is 0.672. The lowest BCUT2D eigenvalue weighted by molar-refractivity contribution is -0.133. The van der Waals surface area contributed by atoms with Crippen LogP contribution in [0.25, 0.3) is 22.0 Å². The summed E-state index contributed by atoms with van der Waals surface area (Å²) >= 11 is 0. The summed E-state index contributed by atoms with van der Waals surface area (Å²) in [6.45, 7) is 8.27. The van der Waals surface area contributed by atoms with E-state index in [4.69, 9.17) is 4.74 Å². The van der Waals surface area contributed by atoms with E-state index in [-0.39, 0.29) is 41.6 Å². The Morgan fingerprint density at radius 2 is 1.93 bits per heavy atom. The number of amides is 1. The average Bonchev–Trinajstić information content (AvgIpc) is 3.06. The van der Waals surface area contributed by atoms with E-state index in [1.165, 1.54) is 18.3 Å². The van der Waals surface area contributed by atoms with Gasteiger partial charge in [0, 0.05) is 54.0 Å². The van der Waals surface area contributed by atoms with Crippen LogP contribution in [0.2, 0.25) is 0 Å². The third-order valence-corrected chi connectivity index (χ3v) is 8.62. The molecule has 0 bridgehead atoms. The number of hydrogen-bond donors (Lipinski definition) is 3. The SMILES string of the molecule is CC(C)NCCOc1ncc(-c2cc3c4c(cnc3cc2F)N(C)C(=O)C42CC(C(C)(C)O)C2)cc1NS(C)(=O)=O. The number of nitrogens with one attached hydrogen (secondary N) is 2. The number of carbonyl (C=O) groups excluding carboxylic acids is 1. The molecule has 1 spiro atoms. The Balaban J connectivity index is 1.59. The van der Waals surface area contributed by atoms with Gasteiger partial charge < -0.3 is 20.1 Å². The maximum atomic E-state index is 15.6. The molecule has 0 radical (unpaired) electrons. The number of nitrogens with zero attached hydrogens (tertiary/aromatic N) is 3. The maximum Gasteiger partial charge on any atom is 0.238 e. The molecule has 1 aromatic carbocycles. The minimum atomic E-state index is -3.69. The van der Waals surface area contributed by atoms with Gasteiger partial charge in [0.15, 0.2) is 0 Å². The topological polar surface area (TPSA) is 134 Å². The molecule has 1 fully saturated rings. The van der Waals surface area contributed by atoms with Crippen molar-refractivity contribution in [2.45, 2.75) is 57.6 Å². The number of pyridine rings is 2. The van der Waals surface area contributed by atoms with E-state index in [1.807, 2.05) is 13.8 Å². The lowest BCUT2D eigenvalue weighted by Crippen LogP contribution is -2.54. The molecule has 41 heavy (non-hydrogen) atoms. The Kier molecular flexibility index (Phi) is 7.24. The molecule has 220 valence electrons. The molecule has 3 heterocycles. The standard InChI is InChI=1S/C29H36FN5O5S/c1-16(2)31-7-8-40-26-23(34-41(6,38)39)9-17(14-33-26)19-10-20-22(11-21(19)30)32-15-24-25(20)29(27(36)35(24)5)12-18(13-29)28(3,4)37/h9-11,14-16,18,31,34,37H,7-8,12-13H2,1-6H3. The second kappa shape index (κ2) is 10.2. The second-order valence-electron chi connectivity index (χ2n) is 12.0. The number of rotatable bonds is 9. The molecule has 1 saturated carbocycles. The smallest absolute Gasteiger partial charge is 0.238 e. The summed E-state index contributed by atoms with van der Waals surface area (Å²) in [6, 6.07) is 4.71. The molecule has 10 nitrogen and oxygen atoms in total. The Morgan fingerprint density at radius 3 is 2.56 bits per heavy atom. The summed E-state index contributed by atoms with van der Waals surface area (Å²) in [5, 5.41) is 14.4. The minimum absolute atomic E-state index is 0.0639. The highest BCUT2D eigenvalue weighted by Crippen LogP contribution is 2.59. The molecule has 3 N–H and O–H groups in total. The third-order valence-electron chi connectivity index (χ3n) is 8.03. The molecule has 0 unspecified atom stereocenters. The zero-order valence-corrected chi connectivity index (χ0v) is 24.9.